The molecule has 0 aromatic heterocycles. The van der Waals surface area contributed by atoms with Crippen LogP contribution in [0.4, 0.5) is 0 Å². The summed E-state index contributed by atoms with van der Waals surface area (Å²) in [6, 6.07) is 6.36. The van der Waals surface area contributed by atoms with Crippen LogP contribution in [0, 0.1) is 0 Å². The minimum atomic E-state index is -3.64. The SMILES string of the molecule is COCC(O)CCNS(=O)(=O)c1ccccc1OC. The number of hydrogen-bond donors (Lipinski definition) is 2. The summed E-state index contributed by atoms with van der Waals surface area (Å²) >= 11 is 0. The van der Waals surface area contributed by atoms with Gasteiger partial charge in [0.15, 0.2) is 0 Å². The highest BCUT2D eigenvalue weighted by Crippen LogP contribution is 2.22. The second-order valence-electron chi connectivity index (χ2n) is 3.95. The van der Waals surface area contributed by atoms with Crippen molar-refractivity contribution in [1.29, 1.82) is 0 Å². The van der Waals surface area contributed by atoms with E-state index in [-0.39, 0.29) is 30.2 Å². The van der Waals surface area contributed by atoms with Crippen LogP contribution < -0.4 is 9.46 Å². The van der Waals surface area contributed by atoms with E-state index in [1.807, 2.05) is 0 Å². The summed E-state index contributed by atoms with van der Waals surface area (Å²) in [5, 5.41) is 9.43. The average molecular weight is 289 g/mol. The molecule has 1 unspecified atom stereocenters. The molecule has 0 amide bonds. The number of methoxy groups -OCH3 is 2. The maximum Gasteiger partial charge on any atom is 0.244 e. The van der Waals surface area contributed by atoms with Gasteiger partial charge in [0, 0.05) is 13.7 Å². The summed E-state index contributed by atoms with van der Waals surface area (Å²) in [6.45, 7) is 0.307. The molecule has 0 bridgehead atoms. The molecule has 0 fully saturated rings. The predicted molar refractivity (Wildman–Crippen MR) is 70.7 cm³/mol. The molecule has 7 heteroatoms. The number of aliphatic hydroxyl groups excluding tert-OH is 1. The van der Waals surface area contributed by atoms with Crippen LogP contribution in [0.3, 0.4) is 0 Å². The Morgan fingerprint density at radius 1 is 1.32 bits per heavy atom. The highest BCUT2D eigenvalue weighted by atomic mass is 32.2. The predicted octanol–water partition coefficient (Wildman–Crippen LogP) is 0.371. The third-order valence-electron chi connectivity index (χ3n) is 2.49. The Morgan fingerprint density at radius 3 is 2.63 bits per heavy atom. The van der Waals surface area contributed by atoms with Gasteiger partial charge in [-0.2, -0.15) is 0 Å². The average Bonchev–Trinajstić information content (AvgIpc) is 2.38. The number of sulfonamides is 1. The topological polar surface area (TPSA) is 84.9 Å². The van der Waals surface area contributed by atoms with Crippen LogP contribution in [0.5, 0.6) is 5.75 Å². The van der Waals surface area contributed by atoms with Crippen LogP contribution in [0.15, 0.2) is 29.2 Å². The van der Waals surface area contributed by atoms with Crippen LogP contribution in [0.2, 0.25) is 0 Å². The smallest absolute Gasteiger partial charge is 0.244 e. The molecular weight excluding hydrogens is 270 g/mol. The Morgan fingerprint density at radius 2 is 2.00 bits per heavy atom. The molecule has 1 aromatic carbocycles. The number of benzene rings is 1. The molecule has 2 N–H and O–H groups in total. The Bertz CT molecular complexity index is 489. The van der Waals surface area contributed by atoms with E-state index in [1.54, 1.807) is 18.2 Å². The second kappa shape index (κ2) is 7.44. The van der Waals surface area contributed by atoms with E-state index in [0.29, 0.717) is 0 Å². The first kappa shape index (κ1) is 15.9. The molecular formula is C12H19NO5S. The van der Waals surface area contributed by atoms with Crippen LogP contribution in [0.25, 0.3) is 0 Å². The van der Waals surface area contributed by atoms with Crippen molar-refractivity contribution < 1.29 is 23.0 Å². The highest BCUT2D eigenvalue weighted by molar-refractivity contribution is 7.89. The van der Waals surface area contributed by atoms with E-state index in [1.165, 1.54) is 20.3 Å². The summed E-state index contributed by atoms with van der Waals surface area (Å²) in [4.78, 5) is 0.0822. The number of aliphatic hydroxyl groups is 1. The molecule has 6 nitrogen and oxygen atoms in total. The largest absolute Gasteiger partial charge is 0.495 e. The van der Waals surface area contributed by atoms with Gasteiger partial charge in [0.25, 0.3) is 0 Å². The van der Waals surface area contributed by atoms with Gasteiger partial charge in [-0.1, -0.05) is 12.1 Å². The van der Waals surface area contributed by atoms with Crippen molar-refractivity contribution in [3.05, 3.63) is 24.3 Å². The molecule has 0 heterocycles. The Kier molecular flexibility index (Phi) is 6.23. The van der Waals surface area contributed by atoms with Gasteiger partial charge < -0.3 is 14.6 Å². The minimum Gasteiger partial charge on any atom is -0.495 e. The first-order valence-corrected chi connectivity index (χ1v) is 7.29. The lowest BCUT2D eigenvalue weighted by Crippen LogP contribution is -2.28. The van der Waals surface area contributed by atoms with Crippen molar-refractivity contribution in [2.45, 2.75) is 17.4 Å². The minimum absolute atomic E-state index is 0.0822. The van der Waals surface area contributed by atoms with Gasteiger partial charge >= 0.3 is 0 Å². The van der Waals surface area contributed by atoms with Gasteiger partial charge in [0.1, 0.15) is 10.6 Å². The fraction of sp³-hybridized carbons (Fsp3) is 0.500. The quantitative estimate of drug-likeness (QED) is 0.722. The Hall–Kier alpha value is -1.15. The summed E-state index contributed by atoms with van der Waals surface area (Å²) in [6.07, 6.45) is -0.409. The van der Waals surface area contributed by atoms with Crippen molar-refractivity contribution in [1.82, 2.24) is 4.72 Å². The first-order chi connectivity index (χ1) is 9.01. The van der Waals surface area contributed by atoms with Crippen molar-refractivity contribution in [3.63, 3.8) is 0 Å². The zero-order chi connectivity index (χ0) is 14.3. The Balaban J connectivity index is 2.66. The third-order valence-corrected chi connectivity index (χ3v) is 3.99. The zero-order valence-electron chi connectivity index (χ0n) is 11.0. The number of hydrogen-bond acceptors (Lipinski definition) is 5. The van der Waals surface area contributed by atoms with Gasteiger partial charge in [-0.15, -0.1) is 0 Å². The van der Waals surface area contributed by atoms with E-state index in [4.69, 9.17) is 9.47 Å². The maximum atomic E-state index is 12.0. The standard InChI is InChI=1S/C12H19NO5S/c1-17-9-10(14)7-8-13-19(15,16)12-6-4-3-5-11(12)18-2/h3-6,10,13-14H,7-9H2,1-2H3. The van der Waals surface area contributed by atoms with E-state index < -0.39 is 16.1 Å². The summed E-state index contributed by atoms with van der Waals surface area (Å²) in [5.41, 5.74) is 0. The number of para-hydroxylation sites is 1. The third kappa shape index (κ3) is 4.79. The van der Waals surface area contributed by atoms with Crippen molar-refractivity contribution in [3.8, 4) is 5.75 Å². The van der Waals surface area contributed by atoms with Gasteiger partial charge in [-0.25, -0.2) is 13.1 Å². The Labute approximate surface area is 113 Å². The van der Waals surface area contributed by atoms with Crippen LogP contribution >= 0.6 is 0 Å². The molecule has 0 spiro atoms. The molecule has 0 aliphatic carbocycles. The lowest BCUT2D eigenvalue weighted by molar-refractivity contribution is 0.0603. The number of rotatable bonds is 8. The molecule has 0 radical (unpaired) electrons. The molecule has 0 saturated carbocycles. The molecule has 1 rings (SSSR count). The van der Waals surface area contributed by atoms with Crippen LogP contribution in [0.1, 0.15) is 6.42 Å². The summed E-state index contributed by atoms with van der Waals surface area (Å²) in [5.74, 6) is 0.285. The second-order valence-corrected chi connectivity index (χ2v) is 5.68. The number of ether oxygens (including phenoxy) is 2. The molecule has 0 saturated heterocycles. The lowest BCUT2D eigenvalue weighted by Gasteiger charge is -2.12. The fourth-order valence-corrected chi connectivity index (χ4v) is 2.77. The van der Waals surface area contributed by atoms with E-state index in [2.05, 4.69) is 4.72 Å². The normalized spacial score (nSPS) is 13.2. The molecule has 1 aromatic rings. The van der Waals surface area contributed by atoms with Gasteiger partial charge in [0.05, 0.1) is 19.8 Å². The van der Waals surface area contributed by atoms with E-state index in [9.17, 15) is 13.5 Å². The van der Waals surface area contributed by atoms with Gasteiger partial charge in [-0.05, 0) is 18.6 Å². The zero-order valence-corrected chi connectivity index (χ0v) is 11.8. The maximum absolute atomic E-state index is 12.0. The lowest BCUT2D eigenvalue weighted by atomic mass is 10.3. The van der Waals surface area contributed by atoms with Crippen molar-refractivity contribution >= 4 is 10.0 Å². The van der Waals surface area contributed by atoms with Crippen molar-refractivity contribution in [2.75, 3.05) is 27.4 Å². The molecule has 19 heavy (non-hydrogen) atoms. The first-order valence-electron chi connectivity index (χ1n) is 5.81. The fourth-order valence-electron chi connectivity index (χ4n) is 1.55. The van der Waals surface area contributed by atoms with Gasteiger partial charge in [0.2, 0.25) is 10.0 Å². The molecule has 1 atom stereocenters. The summed E-state index contributed by atoms with van der Waals surface area (Å²) in [7, 11) is -0.753. The monoisotopic (exact) mass is 289 g/mol. The van der Waals surface area contributed by atoms with Gasteiger partial charge in [-0.3, -0.25) is 0 Å². The van der Waals surface area contributed by atoms with Crippen molar-refractivity contribution in [2.24, 2.45) is 0 Å². The molecule has 108 valence electrons. The van der Waals surface area contributed by atoms with E-state index >= 15 is 0 Å². The molecule has 0 aliphatic heterocycles. The highest BCUT2D eigenvalue weighted by Gasteiger charge is 2.18. The van der Waals surface area contributed by atoms with Crippen LogP contribution in [-0.2, 0) is 14.8 Å². The molecule has 0 aliphatic rings. The summed E-state index contributed by atoms with van der Waals surface area (Å²) < 4.78 is 36.3. The van der Waals surface area contributed by atoms with Crippen LogP contribution in [-0.4, -0.2) is 47.0 Å². The van der Waals surface area contributed by atoms with E-state index in [0.717, 1.165) is 0 Å². The number of nitrogens with one attached hydrogen (secondary N) is 1.